The quantitative estimate of drug-likeness (QED) is 0.346. The molecule has 0 spiro atoms. The van der Waals surface area contributed by atoms with Gasteiger partial charge in [0.1, 0.15) is 0 Å². The molecular formula is C24H20N2O2. The largest absolute Gasteiger partial charge is 0.378 e. The summed E-state index contributed by atoms with van der Waals surface area (Å²) in [5, 5.41) is 14.7. The van der Waals surface area contributed by atoms with E-state index in [1.54, 1.807) is 12.1 Å². The van der Waals surface area contributed by atoms with Crippen LogP contribution in [0.15, 0.2) is 84.9 Å². The van der Waals surface area contributed by atoms with Crippen molar-refractivity contribution < 1.29 is 4.92 Å². The Labute approximate surface area is 163 Å². The van der Waals surface area contributed by atoms with Crippen LogP contribution in [-0.2, 0) is 0 Å². The number of anilines is 1. The van der Waals surface area contributed by atoms with Crippen LogP contribution in [-0.4, -0.2) is 4.92 Å². The van der Waals surface area contributed by atoms with Gasteiger partial charge in [-0.2, -0.15) is 0 Å². The molecule has 0 aromatic heterocycles. The third-order valence-corrected chi connectivity index (χ3v) is 5.93. The molecule has 0 bridgehead atoms. The lowest BCUT2D eigenvalue weighted by molar-refractivity contribution is -0.384. The van der Waals surface area contributed by atoms with Gasteiger partial charge in [0.2, 0.25) is 0 Å². The molecule has 28 heavy (non-hydrogen) atoms. The molecule has 0 fully saturated rings. The lowest BCUT2D eigenvalue weighted by Crippen LogP contribution is -2.29. The van der Waals surface area contributed by atoms with Crippen LogP contribution in [0.1, 0.15) is 29.5 Å². The van der Waals surface area contributed by atoms with Gasteiger partial charge in [0.15, 0.2) is 0 Å². The van der Waals surface area contributed by atoms with Crippen molar-refractivity contribution in [3.63, 3.8) is 0 Å². The SMILES string of the molecule is O=[N+]([O-])c1ccc([C@@H]2Nc3ccc(-c4ccccc4)cc3[C@@H]3C=CC[C@H]32)cc1. The van der Waals surface area contributed by atoms with Crippen LogP contribution in [0.3, 0.4) is 0 Å². The Bertz CT molecular complexity index is 1060. The minimum Gasteiger partial charge on any atom is -0.378 e. The van der Waals surface area contributed by atoms with Crippen LogP contribution in [0.4, 0.5) is 11.4 Å². The Morgan fingerprint density at radius 1 is 0.929 bits per heavy atom. The Hall–Kier alpha value is -3.40. The van der Waals surface area contributed by atoms with Crippen molar-refractivity contribution in [2.75, 3.05) is 5.32 Å². The Kier molecular flexibility index (Phi) is 3.97. The fourth-order valence-corrected chi connectivity index (χ4v) is 4.54. The minimum absolute atomic E-state index is 0.133. The van der Waals surface area contributed by atoms with Crippen molar-refractivity contribution in [1.82, 2.24) is 0 Å². The maximum absolute atomic E-state index is 11.0. The first kappa shape index (κ1) is 16.8. The average molecular weight is 368 g/mol. The number of nitro benzene ring substituents is 1. The van der Waals surface area contributed by atoms with Crippen LogP contribution in [0.25, 0.3) is 11.1 Å². The monoisotopic (exact) mass is 368 g/mol. The second-order valence-corrected chi connectivity index (χ2v) is 7.49. The van der Waals surface area contributed by atoms with Gasteiger partial charge in [0.05, 0.1) is 11.0 Å². The first-order chi connectivity index (χ1) is 13.7. The van der Waals surface area contributed by atoms with E-state index in [0.29, 0.717) is 11.8 Å². The number of hydrogen-bond donors (Lipinski definition) is 1. The number of non-ortho nitro benzene ring substituents is 1. The maximum atomic E-state index is 11.0. The Morgan fingerprint density at radius 2 is 1.71 bits per heavy atom. The van der Waals surface area contributed by atoms with Crippen molar-refractivity contribution in [3.05, 3.63) is 106 Å². The molecule has 1 N–H and O–H groups in total. The molecule has 1 aliphatic heterocycles. The van der Waals surface area contributed by atoms with Gasteiger partial charge in [-0.25, -0.2) is 0 Å². The average Bonchev–Trinajstić information content (AvgIpc) is 3.24. The van der Waals surface area contributed by atoms with Crippen molar-refractivity contribution >= 4 is 11.4 Å². The topological polar surface area (TPSA) is 55.2 Å². The summed E-state index contributed by atoms with van der Waals surface area (Å²) in [6, 6.07) is 24.2. The van der Waals surface area contributed by atoms with E-state index in [4.69, 9.17) is 0 Å². The molecule has 138 valence electrons. The van der Waals surface area contributed by atoms with E-state index in [1.807, 2.05) is 18.2 Å². The van der Waals surface area contributed by atoms with Crippen molar-refractivity contribution in [2.24, 2.45) is 5.92 Å². The molecule has 0 saturated carbocycles. The third kappa shape index (κ3) is 2.78. The van der Waals surface area contributed by atoms with Crippen molar-refractivity contribution in [2.45, 2.75) is 18.4 Å². The van der Waals surface area contributed by atoms with Crippen LogP contribution in [0, 0.1) is 16.0 Å². The van der Waals surface area contributed by atoms with Gasteiger partial charge in [0, 0.05) is 23.7 Å². The lowest BCUT2D eigenvalue weighted by Gasteiger charge is -2.37. The standard InChI is InChI=1S/C24H20N2O2/c27-26(28)19-12-9-17(10-13-19)24-21-8-4-7-20(21)22-15-18(11-14-23(22)25-24)16-5-2-1-3-6-16/h1-7,9-15,20-21,24-25H,8H2/t20-,21-,24+/m1/s1. The minimum atomic E-state index is -0.349. The van der Waals surface area contributed by atoms with E-state index in [-0.39, 0.29) is 16.7 Å². The number of nitrogens with zero attached hydrogens (tertiary/aromatic N) is 1. The number of nitrogens with one attached hydrogen (secondary N) is 1. The van der Waals surface area contributed by atoms with Crippen molar-refractivity contribution in [3.8, 4) is 11.1 Å². The van der Waals surface area contributed by atoms with Crippen LogP contribution in [0.2, 0.25) is 0 Å². The highest BCUT2D eigenvalue weighted by molar-refractivity contribution is 5.71. The molecule has 3 aromatic rings. The van der Waals surface area contributed by atoms with Crippen LogP contribution >= 0.6 is 0 Å². The summed E-state index contributed by atoms with van der Waals surface area (Å²) in [6.45, 7) is 0. The zero-order valence-corrected chi connectivity index (χ0v) is 15.3. The zero-order valence-electron chi connectivity index (χ0n) is 15.3. The molecule has 3 atom stereocenters. The normalized spacial score (nSPS) is 22.2. The Morgan fingerprint density at radius 3 is 2.46 bits per heavy atom. The summed E-state index contributed by atoms with van der Waals surface area (Å²) >= 11 is 0. The fourth-order valence-electron chi connectivity index (χ4n) is 4.54. The number of benzene rings is 3. The summed E-state index contributed by atoms with van der Waals surface area (Å²) < 4.78 is 0. The highest BCUT2D eigenvalue weighted by Gasteiger charge is 2.38. The number of hydrogen-bond acceptors (Lipinski definition) is 3. The predicted molar refractivity (Wildman–Crippen MR) is 111 cm³/mol. The van der Waals surface area contributed by atoms with Crippen LogP contribution in [0.5, 0.6) is 0 Å². The zero-order chi connectivity index (χ0) is 19.1. The summed E-state index contributed by atoms with van der Waals surface area (Å²) in [4.78, 5) is 10.6. The third-order valence-electron chi connectivity index (χ3n) is 5.93. The van der Waals surface area contributed by atoms with Crippen LogP contribution < -0.4 is 5.32 Å². The number of allylic oxidation sites excluding steroid dienone is 2. The van der Waals surface area contributed by atoms with E-state index in [0.717, 1.165) is 17.7 Å². The molecule has 1 heterocycles. The highest BCUT2D eigenvalue weighted by atomic mass is 16.6. The van der Waals surface area contributed by atoms with E-state index < -0.39 is 0 Å². The lowest BCUT2D eigenvalue weighted by atomic mass is 9.76. The van der Waals surface area contributed by atoms with Gasteiger partial charge in [-0.3, -0.25) is 10.1 Å². The molecule has 4 nitrogen and oxygen atoms in total. The second-order valence-electron chi connectivity index (χ2n) is 7.49. The molecule has 3 aromatic carbocycles. The molecule has 0 amide bonds. The number of rotatable bonds is 3. The molecular weight excluding hydrogens is 348 g/mol. The number of fused-ring (bicyclic) bond motifs is 3. The van der Waals surface area contributed by atoms with Gasteiger partial charge < -0.3 is 5.32 Å². The van der Waals surface area contributed by atoms with Gasteiger partial charge >= 0.3 is 0 Å². The smallest absolute Gasteiger partial charge is 0.269 e. The molecule has 1 aliphatic carbocycles. The van der Waals surface area contributed by atoms with Gasteiger partial charge in [-0.1, -0.05) is 60.7 Å². The summed E-state index contributed by atoms with van der Waals surface area (Å²) in [6.07, 6.45) is 5.59. The predicted octanol–water partition coefficient (Wildman–Crippen LogP) is 6.09. The fraction of sp³-hybridized carbons (Fsp3) is 0.167. The van der Waals surface area contributed by atoms with E-state index in [2.05, 4.69) is 59.9 Å². The molecule has 0 unspecified atom stereocenters. The maximum Gasteiger partial charge on any atom is 0.269 e. The molecule has 2 aliphatic rings. The summed E-state index contributed by atoms with van der Waals surface area (Å²) in [5.41, 5.74) is 6.17. The molecule has 0 radical (unpaired) electrons. The summed E-state index contributed by atoms with van der Waals surface area (Å²) in [7, 11) is 0. The van der Waals surface area contributed by atoms with E-state index in [1.165, 1.54) is 16.7 Å². The van der Waals surface area contributed by atoms with Gasteiger partial charge in [0.25, 0.3) is 5.69 Å². The van der Waals surface area contributed by atoms with E-state index >= 15 is 0 Å². The molecule has 0 saturated heterocycles. The van der Waals surface area contributed by atoms with Gasteiger partial charge in [-0.05, 0) is 46.7 Å². The summed E-state index contributed by atoms with van der Waals surface area (Å²) in [5.74, 6) is 0.778. The first-order valence-electron chi connectivity index (χ1n) is 9.57. The highest BCUT2D eigenvalue weighted by Crippen LogP contribution is 2.50. The van der Waals surface area contributed by atoms with Gasteiger partial charge in [-0.15, -0.1) is 0 Å². The number of nitro groups is 1. The second kappa shape index (κ2) is 6.64. The first-order valence-corrected chi connectivity index (χ1v) is 9.57. The van der Waals surface area contributed by atoms with Crippen molar-refractivity contribution in [1.29, 1.82) is 0 Å². The Balaban J connectivity index is 1.52. The molecule has 5 rings (SSSR count). The van der Waals surface area contributed by atoms with E-state index in [9.17, 15) is 10.1 Å². The molecule has 4 heteroatoms.